The lowest BCUT2D eigenvalue weighted by Gasteiger charge is -2.26. The number of rotatable bonds is 4. The van der Waals surface area contributed by atoms with Crippen LogP contribution in [-0.2, 0) is 11.3 Å². The van der Waals surface area contributed by atoms with Crippen LogP contribution in [0.3, 0.4) is 0 Å². The maximum atomic E-state index is 13.1. The Morgan fingerprint density at radius 1 is 1.54 bits per heavy atom. The van der Waals surface area contributed by atoms with Crippen molar-refractivity contribution in [2.24, 2.45) is 5.73 Å². The van der Waals surface area contributed by atoms with Crippen molar-refractivity contribution in [1.82, 2.24) is 4.57 Å². The summed E-state index contributed by atoms with van der Waals surface area (Å²) in [6.07, 6.45) is 0. The monoisotopic (exact) mass is 343 g/mol. The molecule has 0 saturated heterocycles. The standard InChI is InChI=1S/C17H17N3O3S/c1-10-8-12-15(17(21)20(10)5-6-22-2)14(13-4-3-7-24-13)11(9-18)16(19)23-12/h3-4,7-8,14H,5-6,19H2,1-2H3/t14-/m0/s1. The molecule has 2 N–H and O–H groups in total. The lowest BCUT2D eigenvalue weighted by Crippen LogP contribution is -2.33. The number of aryl methyl sites for hydroxylation is 1. The number of methoxy groups -OCH3 is 1. The van der Waals surface area contributed by atoms with Gasteiger partial charge in [0.15, 0.2) is 0 Å². The quantitative estimate of drug-likeness (QED) is 0.918. The molecule has 0 radical (unpaired) electrons. The summed E-state index contributed by atoms with van der Waals surface area (Å²) in [7, 11) is 1.59. The van der Waals surface area contributed by atoms with E-state index in [0.717, 1.165) is 10.6 Å². The third-order valence-corrected chi connectivity index (χ3v) is 4.97. The minimum absolute atomic E-state index is 0.0526. The van der Waals surface area contributed by atoms with Gasteiger partial charge in [-0.1, -0.05) is 6.07 Å². The van der Waals surface area contributed by atoms with E-state index in [2.05, 4.69) is 6.07 Å². The molecule has 0 aromatic carbocycles. The number of hydrogen-bond acceptors (Lipinski definition) is 6. The molecule has 0 unspecified atom stereocenters. The normalized spacial score (nSPS) is 16.5. The fourth-order valence-electron chi connectivity index (χ4n) is 2.89. The van der Waals surface area contributed by atoms with Crippen molar-refractivity contribution in [1.29, 1.82) is 5.26 Å². The first-order valence-corrected chi connectivity index (χ1v) is 8.30. The van der Waals surface area contributed by atoms with Crippen molar-refractivity contribution in [2.75, 3.05) is 13.7 Å². The van der Waals surface area contributed by atoms with Gasteiger partial charge >= 0.3 is 0 Å². The number of nitrogens with zero attached hydrogens (tertiary/aromatic N) is 2. The molecule has 2 aromatic heterocycles. The fraction of sp³-hybridized carbons (Fsp3) is 0.294. The van der Waals surface area contributed by atoms with Crippen molar-refractivity contribution in [3.63, 3.8) is 0 Å². The van der Waals surface area contributed by atoms with E-state index < -0.39 is 5.92 Å². The lowest BCUT2D eigenvalue weighted by atomic mass is 9.88. The minimum Gasteiger partial charge on any atom is -0.440 e. The molecule has 2 aromatic rings. The molecular weight excluding hydrogens is 326 g/mol. The zero-order valence-corrected chi connectivity index (χ0v) is 14.2. The highest BCUT2D eigenvalue weighted by molar-refractivity contribution is 7.10. The topological polar surface area (TPSA) is 90.3 Å². The highest BCUT2D eigenvalue weighted by Crippen LogP contribution is 2.41. The Morgan fingerprint density at radius 2 is 2.33 bits per heavy atom. The molecule has 6 nitrogen and oxygen atoms in total. The van der Waals surface area contributed by atoms with E-state index in [-0.39, 0.29) is 17.0 Å². The van der Waals surface area contributed by atoms with Gasteiger partial charge in [-0.15, -0.1) is 11.3 Å². The van der Waals surface area contributed by atoms with Crippen LogP contribution in [0.15, 0.2) is 39.8 Å². The van der Waals surface area contributed by atoms with Crippen molar-refractivity contribution < 1.29 is 9.47 Å². The highest BCUT2D eigenvalue weighted by atomic mass is 32.1. The third kappa shape index (κ3) is 2.60. The molecule has 1 aliphatic rings. The number of thiophene rings is 1. The summed E-state index contributed by atoms with van der Waals surface area (Å²) in [4.78, 5) is 14.0. The number of aromatic nitrogens is 1. The van der Waals surface area contributed by atoms with Gasteiger partial charge in [-0.05, 0) is 18.4 Å². The molecule has 24 heavy (non-hydrogen) atoms. The molecule has 0 bridgehead atoms. The van der Waals surface area contributed by atoms with Crippen LogP contribution in [0.5, 0.6) is 5.75 Å². The van der Waals surface area contributed by atoms with Gasteiger partial charge in [0.05, 0.1) is 18.1 Å². The third-order valence-electron chi connectivity index (χ3n) is 4.04. The van der Waals surface area contributed by atoms with E-state index in [4.69, 9.17) is 15.2 Å². The zero-order valence-electron chi connectivity index (χ0n) is 13.4. The van der Waals surface area contributed by atoms with Crippen molar-refractivity contribution in [3.8, 4) is 11.8 Å². The first-order chi connectivity index (χ1) is 11.6. The summed E-state index contributed by atoms with van der Waals surface area (Å²) in [6, 6.07) is 7.67. The maximum absolute atomic E-state index is 13.1. The van der Waals surface area contributed by atoms with E-state index in [1.54, 1.807) is 17.7 Å². The average Bonchev–Trinajstić information content (AvgIpc) is 3.07. The van der Waals surface area contributed by atoms with Crippen molar-refractivity contribution in [3.05, 3.63) is 61.5 Å². The van der Waals surface area contributed by atoms with Crippen LogP contribution in [0.4, 0.5) is 0 Å². The van der Waals surface area contributed by atoms with E-state index >= 15 is 0 Å². The summed E-state index contributed by atoms with van der Waals surface area (Å²) in [6.45, 7) is 2.69. The molecule has 124 valence electrons. The predicted molar refractivity (Wildman–Crippen MR) is 90.9 cm³/mol. The second-order valence-corrected chi connectivity index (χ2v) is 6.43. The summed E-state index contributed by atoms with van der Waals surface area (Å²) >= 11 is 1.48. The highest BCUT2D eigenvalue weighted by Gasteiger charge is 2.34. The SMILES string of the molecule is COCCn1c(C)cc2c(c1=O)[C@H](c1cccs1)C(C#N)=C(N)O2. The maximum Gasteiger partial charge on any atom is 0.258 e. The summed E-state index contributed by atoms with van der Waals surface area (Å²) < 4.78 is 12.3. The Hall–Kier alpha value is -2.56. The fourth-order valence-corrected chi connectivity index (χ4v) is 3.73. The molecule has 0 saturated carbocycles. The van der Waals surface area contributed by atoms with Gasteiger partial charge in [0.2, 0.25) is 5.88 Å². The molecule has 0 fully saturated rings. The van der Waals surface area contributed by atoms with E-state index in [1.165, 1.54) is 11.3 Å². The molecule has 1 aliphatic heterocycles. The van der Waals surface area contributed by atoms with Crippen LogP contribution >= 0.6 is 11.3 Å². The van der Waals surface area contributed by atoms with Gasteiger partial charge in [0.25, 0.3) is 5.56 Å². The lowest BCUT2D eigenvalue weighted by molar-refractivity contribution is 0.185. The van der Waals surface area contributed by atoms with Crippen LogP contribution in [0.1, 0.15) is 22.1 Å². The van der Waals surface area contributed by atoms with Crippen LogP contribution in [0, 0.1) is 18.3 Å². The zero-order chi connectivity index (χ0) is 17.3. The summed E-state index contributed by atoms with van der Waals surface area (Å²) in [5, 5.41) is 11.4. The molecule has 3 heterocycles. The van der Waals surface area contributed by atoms with E-state index in [9.17, 15) is 10.1 Å². The van der Waals surface area contributed by atoms with Crippen molar-refractivity contribution >= 4 is 11.3 Å². The van der Waals surface area contributed by atoms with Gasteiger partial charge < -0.3 is 19.8 Å². The van der Waals surface area contributed by atoms with Crippen molar-refractivity contribution in [2.45, 2.75) is 19.4 Å². The van der Waals surface area contributed by atoms with Gasteiger partial charge in [-0.3, -0.25) is 4.79 Å². The Kier molecular flexibility index (Phi) is 4.42. The largest absolute Gasteiger partial charge is 0.440 e. The molecular formula is C17H17N3O3S. The molecule has 1 atom stereocenters. The average molecular weight is 343 g/mol. The first kappa shape index (κ1) is 16.3. The molecule has 0 spiro atoms. The van der Waals surface area contributed by atoms with Gasteiger partial charge in [-0.2, -0.15) is 5.26 Å². The Labute approximate surface area is 143 Å². The molecule has 0 aliphatic carbocycles. The number of hydrogen-bond donors (Lipinski definition) is 1. The van der Waals surface area contributed by atoms with Gasteiger partial charge in [0.1, 0.15) is 17.4 Å². The van der Waals surface area contributed by atoms with Gasteiger partial charge in [0, 0.05) is 30.3 Å². The summed E-state index contributed by atoms with van der Waals surface area (Å²) in [5.41, 5.74) is 7.23. The second kappa shape index (κ2) is 6.51. The second-order valence-electron chi connectivity index (χ2n) is 5.45. The van der Waals surface area contributed by atoms with Gasteiger partial charge in [-0.25, -0.2) is 0 Å². The van der Waals surface area contributed by atoms with Crippen LogP contribution < -0.4 is 16.0 Å². The van der Waals surface area contributed by atoms with Crippen LogP contribution in [0.25, 0.3) is 0 Å². The van der Waals surface area contributed by atoms with Crippen LogP contribution in [-0.4, -0.2) is 18.3 Å². The number of ether oxygens (including phenoxy) is 2. The minimum atomic E-state index is -0.499. The molecule has 3 rings (SSSR count). The Balaban J connectivity index is 2.25. The smallest absolute Gasteiger partial charge is 0.258 e. The number of pyridine rings is 1. The Morgan fingerprint density at radius 3 is 2.96 bits per heavy atom. The number of nitriles is 1. The predicted octanol–water partition coefficient (Wildman–Crippen LogP) is 2.08. The number of nitrogens with two attached hydrogens (primary N) is 1. The number of allylic oxidation sites excluding steroid dienone is 1. The molecule has 7 heteroatoms. The van der Waals surface area contributed by atoms with E-state index in [0.29, 0.717) is 24.5 Å². The summed E-state index contributed by atoms with van der Waals surface area (Å²) in [5.74, 6) is -0.0291. The first-order valence-electron chi connectivity index (χ1n) is 7.42. The number of fused-ring (bicyclic) bond motifs is 1. The Bertz CT molecular complexity index is 891. The van der Waals surface area contributed by atoms with E-state index in [1.807, 2.05) is 24.4 Å². The molecule has 0 amide bonds. The van der Waals surface area contributed by atoms with Crippen LogP contribution in [0.2, 0.25) is 0 Å².